The highest BCUT2D eigenvalue weighted by atomic mass is 16.2. The predicted molar refractivity (Wildman–Crippen MR) is 133 cm³/mol. The van der Waals surface area contributed by atoms with Crippen LogP contribution in [0.5, 0.6) is 0 Å². The van der Waals surface area contributed by atoms with Gasteiger partial charge in [0.05, 0.1) is 6.54 Å². The largest absolute Gasteiger partial charge is 0.333 e. The van der Waals surface area contributed by atoms with E-state index in [-0.39, 0.29) is 29.8 Å². The van der Waals surface area contributed by atoms with Crippen LogP contribution < -0.4 is 16.0 Å². The number of hydrogen-bond acceptors (Lipinski definition) is 5. The summed E-state index contributed by atoms with van der Waals surface area (Å²) in [6, 6.07) is 10.7. The lowest BCUT2D eigenvalue weighted by Gasteiger charge is -2.19. The fraction of sp³-hybridized carbons (Fsp3) is 0.333. The minimum absolute atomic E-state index is 0.0138. The number of benzene rings is 1. The number of piperidine rings is 1. The third kappa shape index (κ3) is 5.87. The van der Waals surface area contributed by atoms with Gasteiger partial charge in [-0.15, -0.1) is 12.3 Å². The second-order valence-electron chi connectivity index (χ2n) is 8.74. The van der Waals surface area contributed by atoms with Gasteiger partial charge in [-0.1, -0.05) is 11.8 Å². The summed E-state index contributed by atoms with van der Waals surface area (Å²) in [5.41, 5.74) is 1.71. The maximum absolute atomic E-state index is 12.5. The molecule has 3 amide bonds. The van der Waals surface area contributed by atoms with Gasteiger partial charge in [0, 0.05) is 42.9 Å². The number of nitrogens with zero attached hydrogens (tertiary/aromatic N) is 2. The molecule has 3 N–H and O–H groups in total. The molecule has 0 bridgehead atoms. The average molecular weight is 470 g/mol. The van der Waals surface area contributed by atoms with Crippen molar-refractivity contribution in [3.05, 3.63) is 53.7 Å². The summed E-state index contributed by atoms with van der Waals surface area (Å²) in [6.45, 7) is 2.58. The van der Waals surface area contributed by atoms with E-state index in [0.717, 1.165) is 30.5 Å². The van der Waals surface area contributed by atoms with Gasteiger partial charge in [-0.25, -0.2) is 4.98 Å². The van der Waals surface area contributed by atoms with Gasteiger partial charge in [0.25, 0.3) is 0 Å². The van der Waals surface area contributed by atoms with Gasteiger partial charge < -0.3 is 20.9 Å². The molecule has 1 aromatic carbocycles. The number of aromatic nitrogens is 1. The predicted octanol–water partition coefficient (Wildman–Crippen LogP) is 1.98. The fourth-order valence-electron chi connectivity index (χ4n) is 4.19. The number of nitrogens with one attached hydrogen (secondary N) is 3. The molecule has 35 heavy (non-hydrogen) atoms. The first kappa shape index (κ1) is 24.0. The zero-order valence-corrected chi connectivity index (χ0v) is 19.6. The Bertz CT molecular complexity index is 1220. The monoisotopic (exact) mass is 469 g/mol. The van der Waals surface area contributed by atoms with Crippen molar-refractivity contribution in [1.82, 2.24) is 15.2 Å². The smallest absolute Gasteiger partial charge is 0.246 e. The van der Waals surface area contributed by atoms with Gasteiger partial charge in [0.15, 0.2) is 0 Å². The van der Waals surface area contributed by atoms with Crippen LogP contribution in [0.15, 0.2) is 42.6 Å². The lowest BCUT2D eigenvalue weighted by atomic mass is 10.2. The summed E-state index contributed by atoms with van der Waals surface area (Å²) in [5, 5.41) is 8.97. The number of fused-ring (bicyclic) bond motifs is 1. The molecule has 2 fully saturated rings. The lowest BCUT2D eigenvalue weighted by Crippen LogP contribution is -2.41. The Labute approximate surface area is 204 Å². The maximum Gasteiger partial charge on any atom is 0.246 e. The van der Waals surface area contributed by atoms with Crippen LogP contribution in [0.25, 0.3) is 0 Å². The fourth-order valence-corrected chi connectivity index (χ4v) is 4.19. The molecule has 1 aliphatic heterocycles. The molecule has 8 nitrogen and oxygen atoms in total. The number of pyridine rings is 1. The highest BCUT2D eigenvalue weighted by Crippen LogP contribution is 2.50. The summed E-state index contributed by atoms with van der Waals surface area (Å²) in [5.74, 6) is 9.02. The number of amides is 3. The zero-order chi connectivity index (χ0) is 24.8. The molecule has 2 aromatic rings. The molecule has 1 aromatic heterocycles. The van der Waals surface area contributed by atoms with Crippen molar-refractivity contribution in [2.24, 2.45) is 5.92 Å². The maximum atomic E-state index is 12.5. The van der Waals surface area contributed by atoms with E-state index in [1.807, 2.05) is 6.07 Å². The van der Waals surface area contributed by atoms with Crippen molar-refractivity contribution in [2.45, 2.75) is 31.7 Å². The van der Waals surface area contributed by atoms with Crippen LogP contribution in [-0.4, -0.2) is 52.8 Å². The molecule has 2 atom stereocenters. The second kappa shape index (κ2) is 10.4. The number of terminal acetylenes is 1. The molecular formula is C27H27N5O3. The first-order chi connectivity index (χ1) is 16.9. The molecule has 0 spiro atoms. The lowest BCUT2D eigenvalue weighted by molar-refractivity contribution is -0.132. The number of carbonyl (C=O) groups excluding carboxylic acids is 3. The molecule has 2 unspecified atom stereocenters. The van der Waals surface area contributed by atoms with E-state index in [9.17, 15) is 14.4 Å². The van der Waals surface area contributed by atoms with Gasteiger partial charge >= 0.3 is 0 Å². The van der Waals surface area contributed by atoms with Crippen LogP contribution in [0.2, 0.25) is 0 Å². The molecule has 1 aliphatic carbocycles. The first-order valence-electron chi connectivity index (χ1n) is 11.5. The van der Waals surface area contributed by atoms with Gasteiger partial charge in [-0.05, 0) is 61.7 Å². The summed E-state index contributed by atoms with van der Waals surface area (Å²) in [4.78, 5) is 42.1. The van der Waals surface area contributed by atoms with Crippen LogP contribution in [0, 0.1) is 30.1 Å². The molecule has 1 saturated heterocycles. The second-order valence-corrected chi connectivity index (χ2v) is 8.74. The average Bonchev–Trinajstić information content (AvgIpc) is 3.42. The van der Waals surface area contributed by atoms with Gasteiger partial charge in [0.1, 0.15) is 11.4 Å². The number of carbonyl (C=O) groups is 3. The number of hydrogen-bond donors (Lipinski definition) is 3. The Morgan fingerprint density at radius 3 is 2.49 bits per heavy atom. The molecular weight excluding hydrogens is 442 g/mol. The molecule has 1 saturated carbocycles. The van der Waals surface area contributed by atoms with Crippen molar-refractivity contribution >= 4 is 29.2 Å². The highest BCUT2D eigenvalue weighted by molar-refractivity contribution is 6.00. The zero-order valence-electron chi connectivity index (χ0n) is 19.6. The first-order valence-corrected chi connectivity index (χ1v) is 11.5. The van der Waals surface area contributed by atoms with Crippen molar-refractivity contribution in [3.8, 4) is 24.2 Å². The Hall–Kier alpha value is -4.14. The van der Waals surface area contributed by atoms with Crippen molar-refractivity contribution in [3.63, 3.8) is 0 Å². The van der Waals surface area contributed by atoms with E-state index < -0.39 is 0 Å². The molecule has 4 rings (SSSR count). The minimum Gasteiger partial charge on any atom is -0.333 e. The minimum atomic E-state index is -0.388. The van der Waals surface area contributed by atoms with Gasteiger partial charge in [-0.2, -0.15) is 0 Å². The van der Waals surface area contributed by atoms with Crippen molar-refractivity contribution in [2.75, 3.05) is 30.3 Å². The van der Waals surface area contributed by atoms with Crippen LogP contribution in [0.3, 0.4) is 0 Å². The van der Waals surface area contributed by atoms with Gasteiger partial charge in [0.2, 0.25) is 17.7 Å². The van der Waals surface area contributed by atoms with E-state index in [0.29, 0.717) is 30.4 Å². The molecule has 2 heterocycles. The summed E-state index contributed by atoms with van der Waals surface area (Å²) >= 11 is 0. The number of rotatable bonds is 7. The normalized spacial score (nSPS) is 19.4. The van der Waals surface area contributed by atoms with Crippen molar-refractivity contribution in [1.29, 1.82) is 0 Å². The van der Waals surface area contributed by atoms with E-state index in [1.54, 1.807) is 36.5 Å². The molecule has 8 heteroatoms. The summed E-state index contributed by atoms with van der Waals surface area (Å²) in [7, 11) is 0. The standard InChI is InChI=1S/C27H27N5O3/c1-3-4-15-32(19(2)33)18-25(34)30-23-10-7-20(8-11-23)5-6-21-9-12-24(28-17-21)31-26(35)27-16-22(27)13-14-29-27/h1,7-12,17,22,29H,4,13-16,18H2,2H3,(H,30,34)(H,28,31,35). The molecule has 0 radical (unpaired) electrons. The molecule has 2 aliphatic rings. The van der Waals surface area contributed by atoms with Crippen molar-refractivity contribution < 1.29 is 14.4 Å². The van der Waals surface area contributed by atoms with Crippen LogP contribution in [-0.2, 0) is 14.4 Å². The third-order valence-electron chi connectivity index (χ3n) is 6.27. The van der Waals surface area contributed by atoms with E-state index in [2.05, 4.69) is 38.7 Å². The Morgan fingerprint density at radius 2 is 1.89 bits per heavy atom. The van der Waals surface area contributed by atoms with Crippen LogP contribution >= 0.6 is 0 Å². The Balaban J connectivity index is 1.29. The summed E-state index contributed by atoms with van der Waals surface area (Å²) in [6.07, 6.45) is 9.21. The van der Waals surface area contributed by atoms with Crippen LogP contribution in [0.1, 0.15) is 37.3 Å². The molecule has 178 valence electrons. The van der Waals surface area contributed by atoms with E-state index in [4.69, 9.17) is 6.42 Å². The highest BCUT2D eigenvalue weighted by Gasteiger charge is 2.62. The Kier molecular flexibility index (Phi) is 7.14. The van der Waals surface area contributed by atoms with E-state index >= 15 is 0 Å². The SMILES string of the molecule is C#CCCN(CC(=O)Nc1ccc(C#Cc2ccc(NC(=O)C34CC3CCN4)nc2)cc1)C(C)=O. The quantitative estimate of drug-likeness (QED) is 0.538. The van der Waals surface area contributed by atoms with E-state index in [1.165, 1.54) is 11.8 Å². The van der Waals surface area contributed by atoms with Crippen LogP contribution in [0.4, 0.5) is 11.5 Å². The topological polar surface area (TPSA) is 103 Å². The Morgan fingerprint density at radius 1 is 1.14 bits per heavy atom. The van der Waals surface area contributed by atoms with Gasteiger partial charge in [-0.3, -0.25) is 14.4 Å². The third-order valence-corrected chi connectivity index (χ3v) is 6.27. The summed E-state index contributed by atoms with van der Waals surface area (Å²) < 4.78 is 0. The number of anilines is 2.